The van der Waals surface area contributed by atoms with Gasteiger partial charge in [0.15, 0.2) is 0 Å². The molecule has 0 radical (unpaired) electrons. The molecule has 0 unspecified atom stereocenters. The molecule has 0 aliphatic carbocycles. The Labute approximate surface area is 157 Å². The number of H-pyrrole nitrogens is 1. The molecule has 2 heterocycles. The Morgan fingerprint density at radius 1 is 1.00 bits per heavy atom. The van der Waals surface area contributed by atoms with E-state index >= 15 is 0 Å². The van der Waals surface area contributed by atoms with Crippen LogP contribution in [0.5, 0.6) is 0 Å². The molecule has 2 aromatic carbocycles. The SMILES string of the molecule is O=C(c1cc(-c2ccccc2)n[nH]1)N1CCN(Cc2ccc(F)cc2)CC1. The fourth-order valence-electron chi connectivity index (χ4n) is 3.32. The zero-order valence-corrected chi connectivity index (χ0v) is 14.9. The summed E-state index contributed by atoms with van der Waals surface area (Å²) >= 11 is 0. The number of hydrogen-bond acceptors (Lipinski definition) is 3. The van der Waals surface area contributed by atoms with Gasteiger partial charge in [-0.25, -0.2) is 4.39 Å². The second kappa shape index (κ2) is 7.72. The number of rotatable bonds is 4. The number of nitrogens with one attached hydrogen (secondary N) is 1. The van der Waals surface area contributed by atoms with E-state index in [1.165, 1.54) is 12.1 Å². The Morgan fingerprint density at radius 3 is 2.41 bits per heavy atom. The predicted octanol–water partition coefficient (Wildman–Crippen LogP) is 3.17. The van der Waals surface area contributed by atoms with Gasteiger partial charge in [0, 0.05) is 38.3 Å². The van der Waals surface area contributed by atoms with Gasteiger partial charge in [-0.15, -0.1) is 0 Å². The Bertz CT molecular complexity index is 899. The Hall–Kier alpha value is -2.99. The van der Waals surface area contributed by atoms with Crippen LogP contribution in [0.4, 0.5) is 4.39 Å². The number of nitrogens with zero attached hydrogens (tertiary/aromatic N) is 3. The van der Waals surface area contributed by atoms with Crippen LogP contribution in [0.2, 0.25) is 0 Å². The molecule has 4 rings (SSSR count). The summed E-state index contributed by atoms with van der Waals surface area (Å²) in [7, 11) is 0. The fraction of sp³-hybridized carbons (Fsp3) is 0.238. The molecular weight excluding hydrogens is 343 g/mol. The molecule has 1 N–H and O–H groups in total. The van der Waals surface area contributed by atoms with Gasteiger partial charge in [0.05, 0.1) is 5.69 Å². The van der Waals surface area contributed by atoms with Crippen LogP contribution in [0.1, 0.15) is 16.1 Å². The third kappa shape index (κ3) is 4.06. The molecule has 1 aliphatic rings. The highest BCUT2D eigenvalue weighted by Gasteiger charge is 2.23. The average molecular weight is 364 g/mol. The van der Waals surface area contributed by atoms with E-state index in [4.69, 9.17) is 0 Å². The monoisotopic (exact) mass is 364 g/mol. The number of amides is 1. The van der Waals surface area contributed by atoms with Gasteiger partial charge in [-0.2, -0.15) is 5.10 Å². The number of hydrogen-bond donors (Lipinski definition) is 1. The summed E-state index contributed by atoms with van der Waals surface area (Å²) in [6.07, 6.45) is 0. The van der Waals surface area contributed by atoms with Crippen LogP contribution in [0.15, 0.2) is 60.7 Å². The van der Waals surface area contributed by atoms with Gasteiger partial charge in [-0.1, -0.05) is 42.5 Å². The van der Waals surface area contributed by atoms with Crippen LogP contribution in [0.25, 0.3) is 11.3 Å². The van der Waals surface area contributed by atoms with Crippen LogP contribution < -0.4 is 0 Å². The highest BCUT2D eigenvalue weighted by molar-refractivity contribution is 5.93. The second-order valence-electron chi connectivity index (χ2n) is 6.73. The third-order valence-electron chi connectivity index (χ3n) is 4.86. The highest BCUT2D eigenvalue weighted by atomic mass is 19.1. The predicted molar refractivity (Wildman–Crippen MR) is 102 cm³/mol. The number of halogens is 1. The summed E-state index contributed by atoms with van der Waals surface area (Å²) in [5, 5.41) is 7.13. The van der Waals surface area contributed by atoms with E-state index in [0.717, 1.165) is 36.5 Å². The van der Waals surface area contributed by atoms with Crippen molar-refractivity contribution in [1.82, 2.24) is 20.0 Å². The smallest absolute Gasteiger partial charge is 0.271 e. The Balaban J connectivity index is 1.35. The molecule has 0 bridgehead atoms. The van der Waals surface area contributed by atoms with E-state index in [1.807, 2.05) is 53.4 Å². The number of benzene rings is 2. The summed E-state index contributed by atoms with van der Waals surface area (Å²) < 4.78 is 13.0. The lowest BCUT2D eigenvalue weighted by atomic mass is 10.1. The van der Waals surface area contributed by atoms with Crippen LogP contribution in [-0.4, -0.2) is 52.1 Å². The lowest BCUT2D eigenvalue weighted by Gasteiger charge is -2.34. The molecular formula is C21H21FN4O. The van der Waals surface area contributed by atoms with E-state index in [-0.39, 0.29) is 11.7 Å². The van der Waals surface area contributed by atoms with E-state index in [0.29, 0.717) is 18.8 Å². The molecule has 0 spiro atoms. The van der Waals surface area contributed by atoms with Gasteiger partial charge in [0.1, 0.15) is 11.5 Å². The fourth-order valence-corrected chi connectivity index (χ4v) is 3.32. The van der Waals surface area contributed by atoms with Crippen LogP contribution in [0, 0.1) is 5.82 Å². The molecule has 6 heteroatoms. The maximum atomic E-state index is 13.0. The van der Waals surface area contributed by atoms with Crippen molar-refractivity contribution in [2.45, 2.75) is 6.54 Å². The molecule has 0 saturated carbocycles. The minimum Gasteiger partial charge on any atom is -0.335 e. The number of piperazine rings is 1. The van der Waals surface area contributed by atoms with Crippen LogP contribution in [-0.2, 0) is 6.54 Å². The first-order chi connectivity index (χ1) is 13.2. The standard InChI is InChI=1S/C21H21FN4O/c22-18-8-6-16(7-9-18)15-25-10-12-26(13-11-25)21(27)20-14-19(23-24-20)17-4-2-1-3-5-17/h1-9,14H,10-13,15H2,(H,23,24). The summed E-state index contributed by atoms with van der Waals surface area (Å²) in [5.41, 5.74) is 3.35. The van der Waals surface area contributed by atoms with Crippen molar-refractivity contribution in [2.75, 3.05) is 26.2 Å². The lowest BCUT2D eigenvalue weighted by molar-refractivity contribution is 0.0622. The van der Waals surface area contributed by atoms with Gasteiger partial charge in [0.25, 0.3) is 5.91 Å². The van der Waals surface area contributed by atoms with Gasteiger partial charge < -0.3 is 4.90 Å². The summed E-state index contributed by atoms with van der Waals surface area (Å²) in [6, 6.07) is 18.2. The highest BCUT2D eigenvalue weighted by Crippen LogP contribution is 2.18. The summed E-state index contributed by atoms with van der Waals surface area (Å²) in [6.45, 7) is 3.69. The first-order valence-corrected chi connectivity index (χ1v) is 9.06. The molecule has 27 heavy (non-hydrogen) atoms. The van der Waals surface area contributed by atoms with E-state index in [2.05, 4.69) is 15.1 Å². The minimum atomic E-state index is -0.219. The first kappa shape index (κ1) is 17.4. The molecule has 0 atom stereocenters. The molecule has 1 aliphatic heterocycles. The van der Waals surface area contributed by atoms with E-state index < -0.39 is 0 Å². The molecule has 1 aromatic heterocycles. The minimum absolute atomic E-state index is 0.0221. The van der Waals surface area contributed by atoms with Gasteiger partial charge in [-0.3, -0.25) is 14.8 Å². The van der Waals surface area contributed by atoms with E-state index in [9.17, 15) is 9.18 Å². The van der Waals surface area contributed by atoms with Crippen molar-refractivity contribution in [2.24, 2.45) is 0 Å². The zero-order valence-electron chi connectivity index (χ0n) is 14.9. The summed E-state index contributed by atoms with van der Waals surface area (Å²) in [5.74, 6) is -0.241. The Kier molecular flexibility index (Phi) is 4.98. The largest absolute Gasteiger partial charge is 0.335 e. The number of aromatic amines is 1. The number of carbonyl (C=O) groups excluding carboxylic acids is 1. The van der Waals surface area contributed by atoms with Crippen molar-refractivity contribution in [1.29, 1.82) is 0 Å². The molecule has 3 aromatic rings. The van der Waals surface area contributed by atoms with Crippen molar-refractivity contribution in [3.05, 3.63) is 77.7 Å². The normalized spacial score (nSPS) is 15.1. The van der Waals surface area contributed by atoms with E-state index in [1.54, 1.807) is 0 Å². The molecule has 1 fully saturated rings. The maximum Gasteiger partial charge on any atom is 0.271 e. The lowest BCUT2D eigenvalue weighted by Crippen LogP contribution is -2.48. The second-order valence-corrected chi connectivity index (χ2v) is 6.73. The van der Waals surface area contributed by atoms with Crippen LogP contribution >= 0.6 is 0 Å². The first-order valence-electron chi connectivity index (χ1n) is 9.06. The van der Waals surface area contributed by atoms with Crippen molar-refractivity contribution in [3.8, 4) is 11.3 Å². The molecule has 1 saturated heterocycles. The van der Waals surface area contributed by atoms with Gasteiger partial charge in [0.2, 0.25) is 0 Å². The van der Waals surface area contributed by atoms with Crippen molar-refractivity contribution < 1.29 is 9.18 Å². The zero-order chi connectivity index (χ0) is 18.6. The number of aromatic nitrogens is 2. The van der Waals surface area contributed by atoms with Gasteiger partial charge in [-0.05, 0) is 23.8 Å². The average Bonchev–Trinajstić information content (AvgIpc) is 3.21. The third-order valence-corrected chi connectivity index (χ3v) is 4.86. The quantitative estimate of drug-likeness (QED) is 0.774. The Morgan fingerprint density at radius 2 is 1.70 bits per heavy atom. The number of carbonyl (C=O) groups is 1. The maximum absolute atomic E-state index is 13.0. The van der Waals surface area contributed by atoms with Gasteiger partial charge >= 0.3 is 0 Å². The molecule has 5 nitrogen and oxygen atoms in total. The topological polar surface area (TPSA) is 52.2 Å². The van der Waals surface area contributed by atoms with Crippen molar-refractivity contribution >= 4 is 5.91 Å². The molecule has 1 amide bonds. The van der Waals surface area contributed by atoms with Crippen molar-refractivity contribution in [3.63, 3.8) is 0 Å². The van der Waals surface area contributed by atoms with Crippen LogP contribution in [0.3, 0.4) is 0 Å². The summed E-state index contributed by atoms with van der Waals surface area (Å²) in [4.78, 5) is 16.9. The molecule has 138 valence electrons.